The number of benzene rings is 2. The van der Waals surface area contributed by atoms with Gasteiger partial charge in [-0.1, -0.05) is 27.3 Å². The van der Waals surface area contributed by atoms with Crippen LogP contribution in [0, 0.1) is 0 Å². The zero-order valence-corrected chi connectivity index (χ0v) is 19.4. The van der Waals surface area contributed by atoms with Crippen molar-refractivity contribution in [3.8, 4) is 5.88 Å². The first-order chi connectivity index (χ1) is 15.1. The smallest absolute Gasteiger partial charge is 0.210 e. The standard InChI is InChI=1S/C23H21BrN4O2S/c1-27-22(29)21(12-15-14-25-20-7-2-16(24)13-19(15)20)31-23(27)26-17-3-5-18(6-4-17)28-8-10-30-11-9-28/h2-7,12-14,29H,8-11H2,1H3/b15-12-,26-23?. The summed E-state index contributed by atoms with van der Waals surface area (Å²) in [5, 5.41) is 10.7. The van der Waals surface area contributed by atoms with Gasteiger partial charge in [0.25, 0.3) is 0 Å². The second kappa shape index (κ2) is 8.45. The Morgan fingerprint density at radius 1 is 1.16 bits per heavy atom. The molecule has 0 aliphatic carbocycles. The molecule has 5 rings (SSSR count). The summed E-state index contributed by atoms with van der Waals surface area (Å²) in [4.78, 5) is 13.0. The lowest BCUT2D eigenvalue weighted by Crippen LogP contribution is -2.36. The Kier molecular flexibility index (Phi) is 5.52. The molecule has 1 saturated heterocycles. The van der Waals surface area contributed by atoms with Crippen LogP contribution in [0.1, 0.15) is 10.4 Å². The van der Waals surface area contributed by atoms with E-state index in [4.69, 9.17) is 9.73 Å². The number of nitrogens with zero attached hydrogens (tertiary/aromatic N) is 4. The van der Waals surface area contributed by atoms with Gasteiger partial charge in [-0.25, -0.2) is 4.99 Å². The summed E-state index contributed by atoms with van der Waals surface area (Å²) >= 11 is 4.97. The first-order valence-electron chi connectivity index (χ1n) is 10.0. The van der Waals surface area contributed by atoms with Crippen LogP contribution in [-0.4, -0.2) is 42.2 Å². The maximum atomic E-state index is 10.7. The van der Waals surface area contributed by atoms with Gasteiger partial charge < -0.3 is 14.7 Å². The lowest BCUT2D eigenvalue weighted by atomic mass is 10.1. The summed E-state index contributed by atoms with van der Waals surface area (Å²) in [6.07, 6.45) is 3.79. The number of hydrogen-bond donors (Lipinski definition) is 1. The molecular weight excluding hydrogens is 476 g/mol. The van der Waals surface area contributed by atoms with Crippen LogP contribution >= 0.6 is 27.3 Å². The molecule has 0 bridgehead atoms. The molecule has 158 valence electrons. The second-order valence-electron chi connectivity index (χ2n) is 7.38. The highest BCUT2D eigenvalue weighted by atomic mass is 79.9. The highest BCUT2D eigenvalue weighted by Crippen LogP contribution is 2.36. The number of halogens is 1. The number of allylic oxidation sites excluding steroid dienone is 1. The van der Waals surface area contributed by atoms with Gasteiger partial charge in [-0.2, -0.15) is 0 Å². The normalized spacial score (nSPS) is 17.5. The van der Waals surface area contributed by atoms with Crippen LogP contribution in [0.25, 0.3) is 11.6 Å². The third-order valence-corrected chi connectivity index (χ3v) is 6.94. The Labute approximate surface area is 192 Å². The molecule has 0 saturated carbocycles. The van der Waals surface area contributed by atoms with E-state index in [2.05, 4.69) is 38.0 Å². The first kappa shape index (κ1) is 20.2. The number of anilines is 1. The summed E-state index contributed by atoms with van der Waals surface area (Å²) in [6.45, 7) is 3.35. The van der Waals surface area contributed by atoms with Gasteiger partial charge in [-0.05, 0) is 48.5 Å². The molecule has 1 fully saturated rings. The third-order valence-electron chi connectivity index (χ3n) is 5.38. The highest BCUT2D eigenvalue weighted by Gasteiger charge is 2.16. The topological polar surface area (TPSA) is 62.3 Å². The van der Waals surface area contributed by atoms with Crippen LogP contribution < -0.4 is 9.70 Å². The molecule has 0 radical (unpaired) electrons. The molecule has 0 unspecified atom stereocenters. The van der Waals surface area contributed by atoms with Crippen molar-refractivity contribution in [1.82, 2.24) is 4.57 Å². The number of rotatable bonds is 3. The van der Waals surface area contributed by atoms with E-state index in [-0.39, 0.29) is 5.88 Å². The van der Waals surface area contributed by atoms with E-state index in [0.29, 0.717) is 0 Å². The molecule has 0 atom stereocenters. The molecule has 0 spiro atoms. The molecule has 2 aliphatic rings. The van der Waals surface area contributed by atoms with Crippen molar-refractivity contribution in [2.75, 3.05) is 31.2 Å². The van der Waals surface area contributed by atoms with Crippen molar-refractivity contribution < 1.29 is 9.84 Å². The van der Waals surface area contributed by atoms with Gasteiger partial charge in [0.2, 0.25) is 5.88 Å². The van der Waals surface area contributed by atoms with E-state index in [9.17, 15) is 5.11 Å². The monoisotopic (exact) mass is 496 g/mol. The van der Waals surface area contributed by atoms with E-state index in [1.807, 2.05) is 49.7 Å². The molecule has 1 aromatic heterocycles. The summed E-state index contributed by atoms with van der Waals surface area (Å²) in [6, 6.07) is 14.2. The molecule has 1 N–H and O–H groups in total. The third kappa shape index (κ3) is 4.11. The first-order valence-corrected chi connectivity index (χ1v) is 11.6. The minimum atomic E-state index is 0.193. The summed E-state index contributed by atoms with van der Waals surface area (Å²) in [7, 11) is 1.82. The highest BCUT2D eigenvalue weighted by molar-refractivity contribution is 9.10. The molecule has 6 nitrogen and oxygen atoms in total. The average Bonchev–Trinajstić information content (AvgIpc) is 3.31. The number of morpholine rings is 1. The van der Waals surface area contributed by atoms with E-state index in [1.165, 1.54) is 17.0 Å². The van der Waals surface area contributed by atoms with Gasteiger partial charge in [-0.3, -0.25) is 9.56 Å². The molecule has 3 aromatic rings. The minimum absolute atomic E-state index is 0.193. The quantitative estimate of drug-likeness (QED) is 0.561. The predicted octanol–water partition coefficient (Wildman–Crippen LogP) is 4.88. The number of fused-ring (bicyclic) bond motifs is 1. The van der Waals surface area contributed by atoms with Gasteiger partial charge in [0.05, 0.1) is 29.5 Å². The van der Waals surface area contributed by atoms with Crippen LogP contribution in [0.4, 0.5) is 17.1 Å². The van der Waals surface area contributed by atoms with Crippen molar-refractivity contribution in [1.29, 1.82) is 0 Å². The predicted molar refractivity (Wildman–Crippen MR) is 130 cm³/mol. The van der Waals surface area contributed by atoms with Crippen LogP contribution in [0.5, 0.6) is 5.88 Å². The number of aromatic hydroxyl groups is 1. The Hall–Kier alpha value is -2.68. The fraction of sp³-hybridized carbons (Fsp3) is 0.217. The minimum Gasteiger partial charge on any atom is -0.493 e. The van der Waals surface area contributed by atoms with E-state index < -0.39 is 0 Å². The Bertz CT molecular complexity index is 1250. The maximum absolute atomic E-state index is 10.7. The van der Waals surface area contributed by atoms with Gasteiger partial charge in [0.15, 0.2) is 4.80 Å². The number of aliphatic imine (C=N–C) groups is 1. The van der Waals surface area contributed by atoms with E-state index >= 15 is 0 Å². The fourth-order valence-corrected chi connectivity index (χ4v) is 4.99. The average molecular weight is 497 g/mol. The van der Waals surface area contributed by atoms with Crippen molar-refractivity contribution in [2.45, 2.75) is 0 Å². The van der Waals surface area contributed by atoms with Crippen molar-refractivity contribution >= 4 is 62.2 Å². The summed E-state index contributed by atoms with van der Waals surface area (Å²) in [5.74, 6) is 0.193. The second-order valence-corrected chi connectivity index (χ2v) is 9.30. The zero-order chi connectivity index (χ0) is 21.4. The van der Waals surface area contributed by atoms with Crippen molar-refractivity contribution in [2.24, 2.45) is 17.0 Å². The molecule has 31 heavy (non-hydrogen) atoms. The Balaban J connectivity index is 1.45. The molecule has 2 aliphatic heterocycles. The Morgan fingerprint density at radius 3 is 2.71 bits per heavy atom. The fourth-order valence-electron chi connectivity index (χ4n) is 3.65. The van der Waals surface area contributed by atoms with Crippen LogP contribution in [0.15, 0.2) is 56.9 Å². The molecule has 2 aromatic carbocycles. The van der Waals surface area contributed by atoms with E-state index in [0.717, 1.165) is 63.0 Å². The van der Waals surface area contributed by atoms with Crippen LogP contribution in [0.2, 0.25) is 0 Å². The lowest BCUT2D eigenvalue weighted by Gasteiger charge is -2.28. The lowest BCUT2D eigenvalue weighted by molar-refractivity contribution is 0.122. The van der Waals surface area contributed by atoms with Gasteiger partial charge in [0.1, 0.15) is 0 Å². The molecule has 8 heteroatoms. The largest absolute Gasteiger partial charge is 0.493 e. The van der Waals surface area contributed by atoms with Crippen molar-refractivity contribution in [3.63, 3.8) is 0 Å². The van der Waals surface area contributed by atoms with Gasteiger partial charge >= 0.3 is 0 Å². The summed E-state index contributed by atoms with van der Waals surface area (Å²) < 4.78 is 8.13. The summed E-state index contributed by atoms with van der Waals surface area (Å²) in [5.41, 5.74) is 4.97. The van der Waals surface area contributed by atoms with Crippen molar-refractivity contribution in [3.05, 3.63) is 62.2 Å². The number of hydrogen-bond acceptors (Lipinski definition) is 6. The number of thiazole rings is 1. The molecular formula is C23H21BrN4O2S. The van der Waals surface area contributed by atoms with Crippen LogP contribution in [0.3, 0.4) is 0 Å². The number of aromatic nitrogens is 1. The SMILES string of the molecule is Cn1c(O)c(/C=C2/C=Nc3ccc(Br)cc32)sc1=Nc1ccc(N2CCOCC2)cc1. The Morgan fingerprint density at radius 2 is 1.94 bits per heavy atom. The van der Waals surface area contributed by atoms with Gasteiger partial charge in [-0.15, -0.1) is 0 Å². The van der Waals surface area contributed by atoms with Gasteiger partial charge in [0, 0.05) is 47.6 Å². The van der Waals surface area contributed by atoms with E-state index in [1.54, 1.807) is 4.57 Å². The van der Waals surface area contributed by atoms with Crippen LogP contribution in [-0.2, 0) is 11.8 Å². The molecule has 3 heterocycles. The zero-order valence-electron chi connectivity index (χ0n) is 17.0. The number of ether oxygens (including phenoxy) is 1. The molecule has 0 amide bonds. The maximum Gasteiger partial charge on any atom is 0.210 e.